The fourth-order valence-electron chi connectivity index (χ4n) is 9.11. The molecule has 11 rings (SSSR count). The van der Waals surface area contributed by atoms with Crippen LogP contribution in [0.25, 0.3) is 83.1 Å². The van der Waals surface area contributed by atoms with Gasteiger partial charge in [-0.15, -0.1) is 0 Å². The van der Waals surface area contributed by atoms with Crippen molar-refractivity contribution in [2.75, 3.05) is 4.90 Å². The van der Waals surface area contributed by atoms with Crippen LogP contribution >= 0.6 is 0 Å². The molecule has 62 heavy (non-hydrogen) atoms. The molecule has 0 unspecified atom stereocenters. The monoisotopic (exact) mass is 790 g/mol. The van der Waals surface area contributed by atoms with Crippen LogP contribution in [0.15, 0.2) is 255 Å². The largest absolute Gasteiger partial charge is 0.310 e. The van der Waals surface area contributed by atoms with Gasteiger partial charge in [-0.3, -0.25) is 0 Å². The quantitative estimate of drug-likeness (QED) is 0.141. The second kappa shape index (κ2) is 16.1. The summed E-state index contributed by atoms with van der Waals surface area (Å²) in [5, 5.41) is 2.51. The van der Waals surface area contributed by atoms with E-state index in [2.05, 4.69) is 264 Å². The van der Waals surface area contributed by atoms with Crippen LogP contribution in [0.3, 0.4) is 0 Å². The van der Waals surface area contributed by atoms with E-state index in [1.807, 2.05) is 0 Å². The van der Waals surface area contributed by atoms with Gasteiger partial charge in [-0.05, 0) is 111 Å². The van der Waals surface area contributed by atoms with Crippen LogP contribution in [0.5, 0.6) is 0 Å². The Morgan fingerprint density at radius 1 is 0.258 bits per heavy atom. The van der Waals surface area contributed by atoms with Gasteiger partial charge in [0.15, 0.2) is 0 Å². The van der Waals surface area contributed by atoms with Gasteiger partial charge in [0.1, 0.15) is 0 Å². The van der Waals surface area contributed by atoms with Crippen LogP contribution in [0.4, 0.5) is 17.1 Å². The van der Waals surface area contributed by atoms with E-state index in [1.54, 1.807) is 0 Å². The number of hydrogen-bond donors (Lipinski definition) is 0. The Morgan fingerprint density at radius 3 is 1.29 bits per heavy atom. The van der Waals surface area contributed by atoms with Gasteiger partial charge in [-0.25, -0.2) is 0 Å². The fourth-order valence-corrected chi connectivity index (χ4v) is 9.11. The highest BCUT2D eigenvalue weighted by Crippen LogP contribution is 2.47. The summed E-state index contributed by atoms with van der Waals surface area (Å²) in [6, 6.07) is 92.1. The van der Waals surface area contributed by atoms with Crippen molar-refractivity contribution >= 4 is 38.9 Å². The molecule has 0 amide bonds. The van der Waals surface area contributed by atoms with Crippen LogP contribution < -0.4 is 4.90 Å². The zero-order valence-electron chi connectivity index (χ0n) is 34.1. The molecule has 2 nitrogen and oxygen atoms in total. The minimum Gasteiger partial charge on any atom is -0.310 e. The maximum atomic E-state index is 2.41. The lowest BCUT2D eigenvalue weighted by Crippen LogP contribution is -2.11. The maximum absolute atomic E-state index is 2.41. The minimum atomic E-state index is 1.07. The standard InChI is InChI=1S/C60H42N2/c1-4-18-43(19-5-1)45-32-35-48(36-33-45)61(49-37-39-50(40-38-49)62-59-30-16-13-27-55(59)56-28-14-17-31-60(56)62)58-29-15-12-26-54(58)53-41-34-47(44-20-6-2-7-21-44)42-57(53)52-25-11-10-24-51(52)46-22-8-3-9-23-46/h1-42H. The molecule has 292 valence electrons. The van der Waals surface area contributed by atoms with E-state index >= 15 is 0 Å². The topological polar surface area (TPSA) is 8.17 Å². The second-order valence-electron chi connectivity index (χ2n) is 15.7. The number of fused-ring (bicyclic) bond motifs is 3. The average molecular weight is 791 g/mol. The first-order chi connectivity index (χ1) is 30.8. The molecule has 0 saturated heterocycles. The van der Waals surface area contributed by atoms with Crippen LogP contribution in [0.1, 0.15) is 0 Å². The summed E-state index contributed by atoms with van der Waals surface area (Å²) in [5.74, 6) is 0. The Kier molecular flexibility index (Phi) is 9.57. The average Bonchev–Trinajstić information content (AvgIpc) is 3.70. The third-order valence-corrected chi connectivity index (χ3v) is 12.0. The summed E-state index contributed by atoms with van der Waals surface area (Å²) in [6.45, 7) is 0. The molecule has 11 aromatic rings. The Hall–Kier alpha value is -8.20. The summed E-state index contributed by atoms with van der Waals surface area (Å²) in [5.41, 5.74) is 18.6. The molecule has 0 aliphatic carbocycles. The van der Waals surface area contributed by atoms with Gasteiger partial charge < -0.3 is 9.47 Å². The molecule has 1 heterocycles. The molecule has 0 atom stereocenters. The predicted octanol–water partition coefficient (Wildman–Crippen LogP) is 16.6. The lowest BCUT2D eigenvalue weighted by molar-refractivity contribution is 1.17. The minimum absolute atomic E-state index is 1.07. The fraction of sp³-hybridized carbons (Fsp3) is 0. The molecule has 0 radical (unpaired) electrons. The normalized spacial score (nSPS) is 11.2. The van der Waals surface area contributed by atoms with Gasteiger partial charge in [0.25, 0.3) is 0 Å². The maximum Gasteiger partial charge on any atom is 0.0541 e. The number of hydrogen-bond acceptors (Lipinski definition) is 1. The first-order valence-electron chi connectivity index (χ1n) is 21.3. The van der Waals surface area contributed by atoms with Gasteiger partial charge in [0.2, 0.25) is 0 Å². The second-order valence-corrected chi connectivity index (χ2v) is 15.7. The zero-order valence-corrected chi connectivity index (χ0v) is 34.1. The van der Waals surface area contributed by atoms with E-state index in [0.717, 1.165) is 33.9 Å². The number of aromatic nitrogens is 1. The Labute approximate surface area is 362 Å². The highest BCUT2D eigenvalue weighted by molar-refractivity contribution is 6.09. The molecule has 0 aliphatic heterocycles. The van der Waals surface area contributed by atoms with E-state index < -0.39 is 0 Å². The van der Waals surface area contributed by atoms with Gasteiger partial charge in [0.05, 0.1) is 16.7 Å². The van der Waals surface area contributed by atoms with Gasteiger partial charge in [-0.2, -0.15) is 0 Å². The van der Waals surface area contributed by atoms with Gasteiger partial charge in [-0.1, -0.05) is 194 Å². The van der Waals surface area contributed by atoms with Crippen LogP contribution in [0, 0.1) is 0 Å². The summed E-state index contributed by atoms with van der Waals surface area (Å²) < 4.78 is 2.38. The number of benzene rings is 10. The molecular formula is C60H42N2. The van der Waals surface area contributed by atoms with Gasteiger partial charge >= 0.3 is 0 Å². The lowest BCUT2D eigenvalue weighted by Gasteiger charge is -2.29. The molecule has 0 fully saturated rings. The Bertz CT molecular complexity index is 3260. The SMILES string of the molecule is c1ccc(-c2ccc(N(c3ccc(-n4c5ccccc5c5ccccc54)cc3)c3ccccc3-c3ccc(-c4ccccc4)cc3-c3ccccc3-c3ccccc3)cc2)cc1. The lowest BCUT2D eigenvalue weighted by atomic mass is 9.86. The highest BCUT2D eigenvalue weighted by Gasteiger charge is 2.22. The van der Waals surface area contributed by atoms with E-state index in [1.165, 1.54) is 66.3 Å². The van der Waals surface area contributed by atoms with Gasteiger partial charge in [0, 0.05) is 33.4 Å². The summed E-state index contributed by atoms with van der Waals surface area (Å²) in [7, 11) is 0. The molecule has 1 aromatic heterocycles. The molecule has 0 N–H and O–H groups in total. The van der Waals surface area contributed by atoms with Crippen LogP contribution in [0.2, 0.25) is 0 Å². The predicted molar refractivity (Wildman–Crippen MR) is 263 cm³/mol. The highest BCUT2D eigenvalue weighted by atomic mass is 15.1. The van der Waals surface area contributed by atoms with Crippen molar-refractivity contribution in [2.45, 2.75) is 0 Å². The van der Waals surface area contributed by atoms with Crippen molar-refractivity contribution in [3.63, 3.8) is 0 Å². The van der Waals surface area contributed by atoms with E-state index in [0.29, 0.717) is 0 Å². The molecular weight excluding hydrogens is 749 g/mol. The molecule has 2 heteroatoms. The molecule has 0 saturated carbocycles. The summed E-state index contributed by atoms with van der Waals surface area (Å²) in [4.78, 5) is 2.41. The smallest absolute Gasteiger partial charge is 0.0541 e. The Morgan fingerprint density at radius 2 is 0.677 bits per heavy atom. The van der Waals surface area contributed by atoms with E-state index in [4.69, 9.17) is 0 Å². The molecule has 0 aliphatic rings. The molecule has 10 aromatic carbocycles. The molecule has 0 spiro atoms. The third-order valence-electron chi connectivity index (χ3n) is 12.0. The zero-order chi connectivity index (χ0) is 41.2. The van der Waals surface area contributed by atoms with E-state index in [9.17, 15) is 0 Å². The van der Waals surface area contributed by atoms with Crippen molar-refractivity contribution in [1.29, 1.82) is 0 Å². The van der Waals surface area contributed by atoms with Crippen molar-refractivity contribution in [3.8, 4) is 61.3 Å². The van der Waals surface area contributed by atoms with Crippen LogP contribution in [-0.4, -0.2) is 4.57 Å². The first-order valence-corrected chi connectivity index (χ1v) is 21.3. The van der Waals surface area contributed by atoms with Crippen molar-refractivity contribution in [3.05, 3.63) is 255 Å². The number of para-hydroxylation sites is 3. The van der Waals surface area contributed by atoms with Crippen molar-refractivity contribution in [2.24, 2.45) is 0 Å². The first kappa shape index (κ1) is 36.8. The number of anilines is 3. The third kappa shape index (κ3) is 6.74. The number of nitrogens with zero attached hydrogens (tertiary/aromatic N) is 2. The summed E-state index contributed by atoms with van der Waals surface area (Å²) >= 11 is 0. The van der Waals surface area contributed by atoms with Crippen molar-refractivity contribution < 1.29 is 0 Å². The number of rotatable bonds is 9. The summed E-state index contributed by atoms with van der Waals surface area (Å²) in [6.07, 6.45) is 0. The van der Waals surface area contributed by atoms with Crippen molar-refractivity contribution in [1.82, 2.24) is 4.57 Å². The van der Waals surface area contributed by atoms with Crippen LogP contribution in [-0.2, 0) is 0 Å². The Balaban J connectivity index is 1.11. The molecule has 0 bridgehead atoms. The van der Waals surface area contributed by atoms with E-state index in [-0.39, 0.29) is 0 Å².